The predicted octanol–water partition coefficient (Wildman–Crippen LogP) is 3.66. The summed E-state index contributed by atoms with van der Waals surface area (Å²) in [5, 5.41) is 1.22. The third-order valence-electron chi connectivity index (χ3n) is 3.30. The Bertz CT molecular complexity index is 519. The van der Waals surface area contributed by atoms with Gasteiger partial charge < -0.3 is 9.64 Å². The molecule has 0 saturated carbocycles. The molecule has 0 spiro atoms. The quantitative estimate of drug-likeness (QED) is 0.753. The standard InChI is InChI=1S/C15H19BrClNO2/c1-10-4-5-12(13(17)6-10)14(19)18-8-11(7-16)20-15(2,3)9-18/h4-6,11H,7-9H2,1-3H3. The summed E-state index contributed by atoms with van der Waals surface area (Å²) in [6, 6.07) is 5.53. The highest BCUT2D eigenvalue weighted by atomic mass is 79.9. The van der Waals surface area contributed by atoms with Crippen molar-refractivity contribution in [1.82, 2.24) is 4.90 Å². The highest BCUT2D eigenvalue weighted by Gasteiger charge is 2.35. The number of halogens is 2. The van der Waals surface area contributed by atoms with Gasteiger partial charge in [0.2, 0.25) is 0 Å². The van der Waals surface area contributed by atoms with Gasteiger partial charge in [-0.05, 0) is 38.5 Å². The first kappa shape index (κ1) is 15.8. The number of hydrogen-bond acceptors (Lipinski definition) is 2. The molecule has 0 radical (unpaired) electrons. The van der Waals surface area contributed by atoms with Crippen molar-refractivity contribution in [1.29, 1.82) is 0 Å². The normalized spacial score (nSPS) is 21.9. The molecule has 20 heavy (non-hydrogen) atoms. The Morgan fingerprint density at radius 2 is 2.25 bits per heavy atom. The number of hydrogen-bond donors (Lipinski definition) is 0. The lowest BCUT2D eigenvalue weighted by Gasteiger charge is -2.42. The molecule has 1 heterocycles. The fourth-order valence-corrected chi connectivity index (χ4v) is 3.15. The summed E-state index contributed by atoms with van der Waals surface area (Å²) < 4.78 is 5.91. The van der Waals surface area contributed by atoms with E-state index in [4.69, 9.17) is 16.3 Å². The Hall–Kier alpha value is -0.580. The van der Waals surface area contributed by atoms with Crippen LogP contribution < -0.4 is 0 Å². The van der Waals surface area contributed by atoms with E-state index in [1.807, 2.05) is 37.8 Å². The number of carbonyl (C=O) groups excluding carboxylic acids is 1. The fraction of sp³-hybridized carbons (Fsp3) is 0.533. The van der Waals surface area contributed by atoms with E-state index in [1.165, 1.54) is 0 Å². The third-order valence-corrected chi connectivity index (χ3v) is 4.33. The van der Waals surface area contributed by atoms with Gasteiger partial charge in [0.1, 0.15) is 0 Å². The van der Waals surface area contributed by atoms with E-state index in [2.05, 4.69) is 15.9 Å². The summed E-state index contributed by atoms with van der Waals surface area (Å²) in [6.07, 6.45) is 0.00641. The number of carbonyl (C=O) groups is 1. The molecule has 110 valence electrons. The molecule has 0 aliphatic carbocycles. The fourth-order valence-electron chi connectivity index (χ4n) is 2.49. The third kappa shape index (κ3) is 3.54. The minimum absolute atomic E-state index is 0.00641. The van der Waals surface area contributed by atoms with E-state index in [1.54, 1.807) is 6.07 Å². The number of alkyl halides is 1. The van der Waals surface area contributed by atoms with Crippen LogP contribution >= 0.6 is 27.5 Å². The number of amides is 1. The van der Waals surface area contributed by atoms with Crippen LogP contribution in [0.2, 0.25) is 5.02 Å². The van der Waals surface area contributed by atoms with Gasteiger partial charge in [0.25, 0.3) is 5.91 Å². The summed E-state index contributed by atoms with van der Waals surface area (Å²) in [6.45, 7) is 7.10. The zero-order valence-corrected chi connectivity index (χ0v) is 14.3. The molecular formula is C15H19BrClNO2. The first-order valence-corrected chi connectivity index (χ1v) is 8.11. The van der Waals surface area contributed by atoms with E-state index in [0.717, 1.165) is 5.56 Å². The number of ether oxygens (including phenoxy) is 1. The Labute approximate surface area is 133 Å². The zero-order valence-electron chi connectivity index (χ0n) is 12.0. The first-order chi connectivity index (χ1) is 9.32. The molecule has 1 atom stereocenters. The van der Waals surface area contributed by atoms with Crippen molar-refractivity contribution in [2.24, 2.45) is 0 Å². The predicted molar refractivity (Wildman–Crippen MR) is 84.8 cm³/mol. The Kier molecular flexibility index (Phi) is 4.77. The molecule has 1 fully saturated rings. The van der Waals surface area contributed by atoms with Gasteiger partial charge in [-0.3, -0.25) is 4.79 Å². The average molecular weight is 361 g/mol. The lowest BCUT2D eigenvalue weighted by atomic mass is 10.0. The summed E-state index contributed by atoms with van der Waals surface area (Å²) >= 11 is 9.63. The lowest BCUT2D eigenvalue weighted by molar-refractivity contribution is -0.116. The van der Waals surface area contributed by atoms with Crippen LogP contribution in [-0.2, 0) is 4.74 Å². The molecule has 1 unspecified atom stereocenters. The Morgan fingerprint density at radius 1 is 1.55 bits per heavy atom. The van der Waals surface area contributed by atoms with E-state index in [0.29, 0.717) is 29.0 Å². The van der Waals surface area contributed by atoms with Gasteiger partial charge in [-0.15, -0.1) is 0 Å². The van der Waals surface area contributed by atoms with Crippen molar-refractivity contribution in [3.63, 3.8) is 0 Å². The van der Waals surface area contributed by atoms with Crippen molar-refractivity contribution in [2.45, 2.75) is 32.5 Å². The van der Waals surface area contributed by atoms with Crippen LogP contribution in [0.5, 0.6) is 0 Å². The maximum Gasteiger partial charge on any atom is 0.255 e. The molecule has 1 aliphatic heterocycles. The smallest absolute Gasteiger partial charge is 0.255 e. The van der Waals surface area contributed by atoms with Crippen LogP contribution in [0.4, 0.5) is 0 Å². The average Bonchev–Trinajstić information content (AvgIpc) is 2.36. The summed E-state index contributed by atoms with van der Waals surface area (Å²) in [4.78, 5) is 14.5. The molecule has 0 aromatic heterocycles. The lowest BCUT2D eigenvalue weighted by Crippen LogP contribution is -2.55. The minimum atomic E-state index is -0.344. The SMILES string of the molecule is Cc1ccc(C(=O)N2CC(CBr)OC(C)(C)C2)c(Cl)c1. The van der Waals surface area contributed by atoms with Crippen LogP contribution in [-0.4, -0.2) is 40.9 Å². The van der Waals surface area contributed by atoms with E-state index < -0.39 is 0 Å². The van der Waals surface area contributed by atoms with Gasteiger partial charge in [0.05, 0.1) is 22.3 Å². The maximum absolute atomic E-state index is 12.7. The van der Waals surface area contributed by atoms with Crippen LogP contribution in [0.3, 0.4) is 0 Å². The van der Waals surface area contributed by atoms with E-state index >= 15 is 0 Å². The number of nitrogens with zero attached hydrogens (tertiary/aromatic N) is 1. The second-order valence-electron chi connectivity index (χ2n) is 5.82. The molecule has 5 heteroatoms. The molecule has 1 aromatic rings. The Balaban J connectivity index is 2.23. The van der Waals surface area contributed by atoms with Gasteiger partial charge in [-0.1, -0.05) is 33.6 Å². The highest BCUT2D eigenvalue weighted by molar-refractivity contribution is 9.09. The molecule has 1 aromatic carbocycles. The molecule has 2 rings (SSSR count). The zero-order chi connectivity index (χ0) is 14.9. The number of morpholine rings is 1. The molecule has 0 N–H and O–H groups in total. The van der Waals surface area contributed by atoms with Crippen molar-refractivity contribution < 1.29 is 9.53 Å². The second kappa shape index (κ2) is 6.04. The molecule has 0 bridgehead atoms. The highest BCUT2D eigenvalue weighted by Crippen LogP contribution is 2.26. The van der Waals surface area contributed by atoms with Crippen molar-refractivity contribution in [3.8, 4) is 0 Å². The summed E-state index contributed by atoms with van der Waals surface area (Å²) in [7, 11) is 0. The van der Waals surface area contributed by atoms with Gasteiger partial charge in [-0.2, -0.15) is 0 Å². The summed E-state index contributed by atoms with van der Waals surface area (Å²) in [5.41, 5.74) is 1.26. The first-order valence-electron chi connectivity index (χ1n) is 6.61. The van der Waals surface area contributed by atoms with Gasteiger partial charge in [0.15, 0.2) is 0 Å². The number of benzene rings is 1. The topological polar surface area (TPSA) is 29.5 Å². The second-order valence-corrected chi connectivity index (χ2v) is 6.88. The number of rotatable bonds is 2. The van der Waals surface area contributed by atoms with E-state index in [9.17, 15) is 4.79 Å². The summed E-state index contributed by atoms with van der Waals surface area (Å²) in [5.74, 6) is -0.0303. The molecule has 1 amide bonds. The largest absolute Gasteiger partial charge is 0.368 e. The van der Waals surface area contributed by atoms with Crippen molar-refractivity contribution >= 4 is 33.4 Å². The number of aryl methyl sites for hydroxylation is 1. The van der Waals surface area contributed by atoms with Crippen LogP contribution in [0.15, 0.2) is 18.2 Å². The molecular weight excluding hydrogens is 342 g/mol. The molecule has 1 aliphatic rings. The van der Waals surface area contributed by atoms with Gasteiger partial charge in [-0.25, -0.2) is 0 Å². The Morgan fingerprint density at radius 3 is 2.85 bits per heavy atom. The van der Waals surface area contributed by atoms with Crippen molar-refractivity contribution in [2.75, 3.05) is 18.4 Å². The van der Waals surface area contributed by atoms with Gasteiger partial charge >= 0.3 is 0 Å². The van der Waals surface area contributed by atoms with E-state index in [-0.39, 0.29) is 17.6 Å². The molecule has 1 saturated heterocycles. The monoisotopic (exact) mass is 359 g/mol. The van der Waals surface area contributed by atoms with Crippen LogP contribution in [0.1, 0.15) is 29.8 Å². The maximum atomic E-state index is 12.7. The van der Waals surface area contributed by atoms with Crippen molar-refractivity contribution in [3.05, 3.63) is 34.3 Å². The van der Waals surface area contributed by atoms with Gasteiger partial charge in [0, 0.05) is 18.4 Å². The minimum Gasteiger partial charge on any atom is -0.368 e. The molecule has 3 nitrogen and oxygen atoms in total. The van der Waals surface area contributed by atoms with Crippen LogP contribution in [0.25, 0.3) is 0 Å². The van der Waals surface area contributed by atoms with Crippen LogP contribution in [0, 0.1) is 6.92 Å².